The highest BCUT2D eigenvalue weighted by Crippen LogP contribution is 2.15. The lowest BCUT2D eigenvalue weighted by molar-refractivity contribution is 0.120. The van der Waals surface area contributed by atoms with Crippen molar-refractivity contribution >= 4 is 0 Å². The van der Waals surface area contributed by atoms with E-state index in [2.05, 4.69) is 18.3 Å². The van der Waals surface area contributed by atoms with Gasteiger partial charge in [0.05, 0.1) is 13.2 Å². The summed E-state index contributed by atoms with van der Waals surface area (Å²) in [5.74, 6) is 1.94. The maximum atomic E-state index is 5.54. The summed E-state index contributed by atoms with van der Waals surface area (Å²) < 4.78 is 11.0. The molecule has 0 radical (unpaired) electrons. The summed E-state index contributed by atoms with van der Waals surface area (Å²) in [5.41, 5.74) is 1.16. The zero-order valence-electron chi connectivity index (χ0n) is 9.22. The molecule has 1 N–H and O–H groups in total. The molecule has 0 saturated heterocycles. The van der Waals surface area contributed by atoms with Gasteiger partial charge in [0.1, 0.15) is 11.5 Å². The molecular weight excluding hydrogens is 178 g/mol. The third-order valence-corrected chi connectivity index (χ3v) is 2.03. The molecule has 1 aromatic heterocycles. The number of rotatable bonds is 6. The van der Waals surface area contributed by atoms with Crippen molar-refractivity contribution in [2.24, 2.45) is 0 Å². The molecule has 0 atom stereocenters. The Kier molecular flexibility index (Phi) is 4.70. The lowest BCUT2D eigenvalue weighted by Crippen LogP contribution is -2.03. The molecule has 0 bridgehead atoms. The van der Waals surface area contributed by atoms with Gasteiger partial charge in [0.2, 0.25) is 0 Å². The van der Waals surface area contributed by atoms with E-state index < -0.39 is 0 Å². The topological polar surface area (TPSA) is 34.4 Å². The fourth-order valence-electron chi connectivity index (χ4n) is 1.32. The molecule has 1 rings (SSSR count). The normalized spacial score (nSPS) is 10.8. The highest BCUT2D eigenvalue weighted by molar-refractivity contribution is 5.19. The van der Waals surface area contributed by atoms with Crippen molar-refractivity contribution in [3.63, 3.8) is 0 Å². The van der Waals surface area contributed by atoms with E-state index in [0.29, 0.717) is 6.61 Å². The van der Waals surface area contributed by atoms with Gasteiger partial charge in [-0.3, -0.25) is 0 Å². The van der Waals surface area contributed by atoms with Crippen molar-refractivity contribution in [3.05, 3.63) is 23.2 Å². The molecule has 0 unspecified atom stereocenters. The van der Waals surface area contributed by atoms with Crippen LogP contribution in [0, 0.1) is 6.92 Å². The molecule has 0 aliphatic carbocycles. The molecule has 80 valence electrons. The highest BCUT2D eigenvalue weighted by atomic mass is 16.5. The average Bonchev–Trinajstić information content (AvgIpc) is 2.48. The molecule has 3 heteroatoms. The van der Waals surface area contributed by atoms with Gasteiger partial charge in [0.25, 0.3) is 0 Å². The first-order chi connectivity index (χ1) is 6.77. The number of nitrogens with one attached hydrogen (secondary N) is 1. The van der Waals surface area contributed by atoms with Crippen molar-refractivity contribution in [3.8, 4) is 0 Å². The zero-order chi connectivity index (χ0) is 10.4. The Morgan fingerprint density at radius 2 is 2.29 bits per heavy atom. The van der Waals surface area contributed by atoms with Gasteiger partial charge in [0.15, 0.2) is 0 Å². The van der Waals surface area contributed by atoms with Gasteiger partial charge in [-0.1, -0.05) is 6.92 Å². The van der Waals surface area contributed by atoms with Gasteiger partial charge in [-0.05, 0) is 26.5 Å². The molecule has 1 aromatic rings. The van der Waals surface area contributed by atoms with E-state index in [-0.39, 0.29) is 0 Å². The van der Waals surface area contributed by atoms with Crippen LogP contribution in [0.5, 0.6) is 0 Å². The number of aryl methyl sites for hydroxylation is 1. The van der Waals surface area contributed by atoms with Gasteiger partial charge >= 0.3 is 0 Å². The monoisotopic (exact) mass is 197 g/mol. The lowest BCUT2D eigenvalue weighted by atomic mass is 10.2. The Morgan fingerprint density at radius 3 is 2.93 bits per heavy atom. The molecule has 0 aliphatic heterocycles. The van der Waals surface area contributed by atoms with Crippen LogP contribution in [-0.2, 0) is 17.9 Å². The Balaban J connectivity index is 2.49. The lowest BCUT2D eigenvalue weighted by Gasteiger charge is -1.99. The van der Waals surface area contributed by atoms with Gasteiger partial charge in [0, 0.05) is 12.2 Å². The maximum absolute atomic E-state index is 5.54. The van der Waals surface area contributed by atoms with Crippen molar-refractivity contribution in [1.82, 2.24) is 5.32 Å². The summed E-state index contributed by atoms with van der Waals surface area (Å²) in [5, 5.41) is 3.06. The van der Waals surface area contributed by atoms with E-state index in [1.54, 1.807) is 0 Å². The van der Waals surface area contributed by atoms with Crippen LogP contribution >= 0.6 is 0 Å². The van der Waals surface area contributed by atoms with E-state index >= 15 is 0 Å². The van der Waals surface area contributed by atoms with Gasteiger partial charge < -0.3 is 14.5 Å². The SMILES string of the molecule is CCCOCc1cc(CNC)oc1C. The van der Waals surface area contributed by atoms with Crippen LogP contribution in [-0.4, -0.2) is 13.7 Å². The molecule has 0 spiro atoms. The van der Waals surface area contributed by atoms with Crippen molar-refractivity contribution in [2.45, 2.75) is 33.4 Å². The third-order valence-electron chi connectivity index (χ3n) is 2.03. The van der Waals surface area contributed by atoms with E-state index in [1.807, 2.05) is 14.0 Å². The Morgan fingerprint density at radius 1 is 1.50 bits per heavy atom. The Hall–Kier alpha value is -0.800. The Labute approximate surface area is 85.4 Å². The zero-order valence-corrected chi connectivity index (χ0v) is 9.22. The van der Waals surface area contributed by atoms with E-state index in [0.717, 1.165) is 36.7 Å². The highest BCUT2D eigenvalue weighted by Gasteiger charge is 2.06. The van der Waals surface area contributed by atoms with Crippen LogP contribution in [0.2, 0.25) is 0 Å². The van der Waals surface area contributed by atoms with Crippen LogP contribution in [0.4, 0.5) is 0 Å². The van der Waals surface area contributed by atoms with Crippen molar-refractivity contribution in [2.75, 3.05) is 13.7 Å². The maximum Gasteiger partial charge on any atom is 0.118 e. The largest absolute Gasteiger partial charge is 0.465 e. The van der Waals surface area contributed by atoms with Crippen LogP contribution in [0.3, 0.4) is 0 Å². The standard InChI is InChI=1S/C11H19NO2/c1-4-5-13-8-10-6-11(7-12-3)14-9(10)2/h6,12H,4-5,7-8H2,1-3H3. The van der Waals surface area contributed by atoms with Crippen LogP contribution in [0.1, 0.15) is 30.4 Å². The van der Waals surface area contributed by atoms with E-state index in [9.17, 15) is 0 Å². The second kappa shape index (κ2) is 5.83. The van der Waals surface area contributed by atoms with Gasteiger partial charge in [-0.25, -0.2) is 0 Å². The van der Waals surface area contributed by atoms with E-state index in [1.165, 1.54) is 0 Å². The van der Waals surface area contributed by atoms with Crippen molar-refractivity contribution < 1.29 is 9.15 Å². The first-order valence-electron chi connectivity index (χ1n) is 5.08. The quantitative estimate of drug-likeness (QED) is 0.710. The number of furan rings is 1. The summed E-state index contributed by atoms with van der Waals surface area (Å²) in [6.07, 6.45) is 1.06. The minimum Gasteiger partial charge on any atom is -0.465 e. The molecule has 0 saturated carbocycles. The summed E-state index contributed by atoms with van der Waals surface area (Å²) in [4.78, 5) is 0. The molecule has 14 heavy (non-hydrogen) atoms. The fraction of sp³-hybridized carbons (Fsp3) is 0.636. The molecule has 0 aromatic carbocycles. The molecule has 0 fully saturated rings. The summed E-state index contributed by atoms with van der Waals surface area (Å²) in [7, 11) is 1.91. The number of hydrogen-bond acceptors (Lipinski definition) is 3. The number of ether oxygens (including phenoxy) is 1. The molecular formula is C11H19NO2. The van der Waals surface area contributed by atoms with Crippen LogP contribution < -0.4 is 5.32 Å². The second-order valence-corrected chi connectivity index (χ2v) is 3.38. The second-order valence-electron chi connectivity index (χ2n) is 3.38. The van der Waals surface area contributed by atoms with Crippen LogP contribution in [0.25, 0.3) is 0 Å². The smallest absolute Gasteiger partial charge is 0.118 e. The minimum absolute atomic E-state index is 0.660. The molecule has 0 aliphatic rings. The summed E-state index contributed by atoms with van der Waals surface area (Å²) in [6, 6.07) is 2.06. The van der Waals surface area contributed by atoms with Crippen molar-refractivity contribution in [1.29, 1.82) is 0 Å². The Bertz CT molecular complexity index is 268. The molecule has 1 heterocycles. The average molecular weight is 197 g/mol. The van der Waals surface area contributed by atoms with E-state index in [4.69, 9.17) is 9.15 Å². The first kappa shape index (κ1) is 11.3. The predicted octanol–water partition coefficient (Wildman–Crippen LogP) is 2.23. The van der Waals surface area contributed by atoms with Crippen LogP contribution in [0.15, 0.2) is 10.5 Å². The number of hydrogen-bond donors (Lipinski definition) is 1. The molecule has 3 nitrogen and oxygen atoms in total. The minimum atomic E-state index is 0.660. The summed E-state index contributed by atoms with van der Waals surface area (Å²) >= 11 is 0. The van der Waals surface area contributed by atoms with Gasteiger partial charge in [-0.2, -0.15) is 0 Å². The first-order valence-corrected chi connectivity index (χ1v) is 5.08. The third kappa shape index (κ3) is 3.16. The fourth-order valence-corrected chi connectivity index (χ4v) is 1.32. The van der Waals surface area contributed by atoms with Gasteiger partial charge in [-0.15, -0.1) is 0 Å². The molecule has 0 amide bonds. The summed E-state index contributed by atoms with van der Waals surface area (Å²) in [6.45, 7) is 6.33. The predicted molar refractivity (Wildman–Crippen MR) is 56.2 cm³/mol.